The van der Waals surface area contributed by atoms with Crippen LogP contribution >= 0.6 is 0 Å². The molecule has 3 amide bonds. The second kappa shape index (κ2) is 6.46. The summed E-state index contributed by atoms with van der Waals surface area (Å²) in [5.74, 6) is 1.28. The van der Waals surface area contributed by atoms with Crippen molar-refractivity contribution in [1.82, 2.24) is 14.7 Å². The second-order valence-electron chi connectivity index (χ2n) is 10.5. The fourth-order valence-electron chi connectivity index (χ4n) is 5.95. The molecule has 3 aliphatic heterocycles. The van der Waals surface area contributed by atoms with Crippen LogP contribution in [0.1, 0.15) is 60.3 Å². The molecular formula is C22H35N3O3. The molecule has 1 aliphatic carbocycles. The molecule has 0 spiro atoms. The Morgan fingerprint density at radius 2 is 1.64 bits per heavy atom. The Hall–Kier alpha value is -1.59. The van der Waals surface area contributed by atoms with Crippen LogP contribution in [0.4, 0.5) is 0 Å². The number of carbonyl (C=O) groups excluding carboxylic acids is 3. The highest BCUT2D eigenvalue weighted by molar-refractivity contribution is 5.91. The van der Waals surface area contributed by atoms with Crippen LogP contribution in [-0.4, -0.2) is 70.7 Å². The topological polar surface area (TPSA) is 60.9 Å². The molecule has 0 unspecified atom stereocenters. The van der Waals surface area contributed by atoms with E-state index in [-0.39, 0.29) is 34.7 Å². The SMILES string of the molecule is CC(C)N1C(=O)CC[C@H]1C(=O)N1C[C@@H]2CN(C(=O)C3(C(C)C)CC3)C[C@]2(C)C1. The van der Waals surface area contributed by atoms with Crippen LogP contribution < -0.4 is 0 Å². The fourth-order valence-corrected chi connectivity index (χ4v) is 5.95. The van der Waals surface area contributed by atoms with Gasteiger partial charge in [0.2, 0.25) is 17.7 Å². The first-order valence-corrected chi connectivity index (χ1v) is 11.0. The van der Waals surface area contributed by atoms with Gasteiger partial charge in [0.25, 0.3) is 0 Å². The van der Waals surface area contributed by atoms with Crippen LogP contribution in [-0.2, 0) is 14.4 Å². The van der Waals surface area contributed by atoms with Gasteiger partial charge in [-0.25, -0.2) is 0 Å². The van der Waals surface area contributed by atoms with E-state index in [1.54, 1.807) is 4.90 Å². The molecule has 3 saturated heterocycles. The largest absolute Gasteiger partial charge is 0.341 e. The molecule has 0 aromatic rings. The average Bonchev–Trinajstić information content (AvgIpc) is 3.12. The maximum atomic E-state index is 13.2. The van der Waals surface area contributed by atoms with Crippen LogP contribution in [0.3, 0.4) is 0 Å². The van der Waals surface area contributed by atoms with E-state index in [1.807, 2.05) is 18.7 Å². The predicted octanol–water partition coefficient (Wildman–Crippen LogP) is 2.13. The molecule has 0 bridgehead atoms. The minimum atomic E-state index is -0.302. The summed E-state index contributed by atoms with van der Waals surface area (Å²) in [6.45, 7) is 13.5. The van der Waals surface area contributed by atoms with Crippen molar-refractivity contribution in [2.24, 2.45) is 22.7 Å². The molecule has 4 fully saturated rings. The third-order valence-corrected chi connectivity index (χ3v) is 7.99. The van der Waals surface area contributed by atoms with E-state index < -0.39 is 0 Å². The molecule has 4 aliphatic rings. The van der Waals surface area contributed by atoms with E-state index in [1.165, 1.54) is 0 Å². The highest BCUT2D eigenvalue weighted by Gasteiger charge is 2.59. The second-order valence-corrected chi connectivity index (χ2v) is 10.5. The highest BCUT2D eigenvalue weighted by Crippen LogP contribution is 2.55. The van der Waals surface area contributed by atoms with Crippen molar-refractivity contribution < 1.29 is 14.4 Å². The Kier molecular flexibility index (Phi) is 4.55. The Balaban J connectivity index is 1.42. The monoisotopic (exact) mass is 389 g/mol. The molecule has 6 heteroatoms. The quantitative estimate of drug-likeness (QED) is 0.740. The summed E-state index contributed by atoms with van der Waals surface area (Å²) in [6, 6.07) is -0.246. The lowest BCUT2D eigenvalue weighted by Crippen LogP contribution is -2.50. The molecule has 3 heterocycles. The summed E-state index contributed by atoms with van der Waals surface area (Å²) < 4.78 is 0. The number of likely N-dealkylation sites (tertiary alicyclic amines) is 3. The van der Waals surface area contributed by atoms with Crippen LogP contribution in [0.2, 0.25) is 0 Å². The molecule has 156 valence electrons. The van der Waals surface area contributed by atoms with Gasteiger partial charge in [-0.2, -0.15) is 0 Å². The van der Waals surface area contributed by atoms with Gasteiger partial charge < -0.3 is 14.7 Å². The minimum Gasteiger partial charge on any atom is -0.341 e. The zero-order chi connectivity index (χ0) is 20.4. The van der Waals surface area contributed by atoms with E-state index in [0.29, 0.717) is 43.7 Å². The van der Waals surface area contributed by atoms with Crippen molar-refractivity contribution in [3.8, 4) is 0 Å². The molecule has 28 heavy (non-hydrogen) atoms. The number of rotatable bonds is 4. The van der Waals surface area contributed by atoms with Gasteiger partial charge in [-0.1, -0.05) is 20.8 Å². The molecule has 3 atom stereocenters. The smallest absolute Gasteiger partial charge is 0.245 e. The summed E-state index contributed by atoms with van der Waals surface area (Å²) in [6.07, 6.45) is 3.15. The third-order valence-electron chi connectivity index (χ3n) is 7.99. The minimum absolute atomic E-state index is 0.0242. The standard InChI is InChI=1S/C22H35N3O3/c1-14(2)22(8-9-22)20(28)24-11-16-10-23(12-21(16,5)13-24)19(27)17-6-7-18(26)25(17)15(3)4/h14-17H,6-13H2,1-5H3/t16-,17+,21+/m1/s1. The first kappa shape index (κ1) is 19.7. The van der Waals surface area contributed by atoms with E-state index in [2.05, 4.69) is 25.7 Å². The van der Waals surface area contributed by atoms with Crippen LogP contribution in [0.15, 0.2) is 0 Å². The van der Waals surface area contributed by atoms with E-state index in [9.17, 15) is 14.4 Å². The number of hydrogen-bond donors (Lipinski definition) is 0. The maximum Gasteiger partial charge on any atom is 0.245 e. The van der Waals surface area contributed by atoms with Gasteiger partial charge in [-0.3, -0.25) is 14.4 Å². The first-order chi connectivity index (χ1) is 13.1. The molecule has 1 saturated carbocycles. The van der Waals surface area contributed by atoms with Crippen molar-refractivity contribution in [1.29, 1.82) is 0 Å². The summed E-state index contributed by atoms with van der Waals surface area (Å²) in [7, 11) is 0. The normalized spacial score (nSPS) is 34.0. The molecule has 4 rings (SSSR count). The fraction of sp³-hybridized carbons (Fsp3) is 0.864. The average molecular weight is 390 g/mol. The van der Waals surface area contributed by atoms with E-state index in [4.69, 9.17) is 0 Å². The third kappa shape index (κ3) is 2.86. The van der Waals surface area contributed by atoms with Gasteiger partial charge in [0.05, 0.1) is 5.41 Å². The zero-order valence-electron chi connectivity index (χ0n) is 18.0. The molecule has 0 aromatic carbocycles. The zero-order valence-corrected chi connectivity index (χ0v) is 18.0. The van der Waals surface area contributed by atoms with Crippen molar-refractivity contribution >= 4 is 17.7 Å². The summed E-state index contributed by atoms with van der Waals surface area (Å²) in [4.78, 5) is 44.3. The number of hydrogen-bond acceptors (Lipinski definition) is 3. The van der Waals surface area contributed by atoms with E-state index >= 15 is 0 Å². The molecule has 0 N–H and O–H groups in total. The van der Waals surface area contributed by atoms with Crippen LogP contribution in [0.5, 0.6) is 0 Å². The molecule has 0 aromatic heterocycles. The summed E-state index contributed by atoms with van der Waals surface area (Å²) in [5, 5.41) is 0. The number of fused-ring (bicyclic) bond motifs is 1. The van der Waals surface area contributed by atoms with Gasteiger partial charge in [-0.05, 0) is 39.0 Å². The Labute approximate surface area is 168 Å². The molecule has 6 nitrogen and oxygen atoms in total. The van der Waals surface area contributed by atoms with Crippen molar-refractivity contribution in [3.63, 3.8) is 0 Å². The number of carbonyl (C=O) groups is 3. The summed E-state index contributed by atoms with van der Waals surface area (Å²) >= 11 is 0. The van der Waals surface area contributed by atoms with E-state index in [0.717, 1.165) is 25.9 Å². The van der Waals surface area contributed by atoms with Crippen LogP contribution in [0, 0.1) is 22.7 Å². The van der Waals surface area contributed by atoms with Gasteiger partial charge in [-0.15, -0.1) is 0 Å². The van der Waals surface area contributed by atoms with Crippen molar-refractivity contribution in [3.05, 3.63) is 0 Å². The number of amides is 3. The van der Waals surface area contributed by atoms with Gasteiger partial charge in [0.1, 0.15) is 6.04 Å². The maximum absolute atomic E-state index is 13.2. The lowest BCUT2D eigenvalue weighted by molar-refractivity contribution is -0.143. The predicted molar refractivity (Wildman–Crippen MR) is 106 cm³/mol. The van der Waals surface area contributed by atoms with Gasteiger partial charge in [0, 0.05) is 50.0 Å². The lowest BCUT2D eigenvalue weighted by Gasteiger charge is -2.33. The summed E-state index contributed by atoms with van der Waals surface area (Å²) in [5.41, 5.74) is -0.143. The Morgan fingerprint density at radius 1 is 1.04 bits per heavy atom. The van der Waals surface area contributed by atoms with Gasteiger partial charge in [0.15, 0.2) is 0 Å². The Bertz CT molecular complexity index is 699. The molecular weight excluding hydrogens is 354 g/mol. The molecule has 0 radical (unpaired) electrons. The van der Waals surface area contributed by atoms with Crippen LogP contribution in [0.25, 0.3) is 0 Å². The Morgan fingerprint density at radius 3 is 2.18 bits per heavy atom. The van der Waals surface area contributed by atoms with Crippen molar-refractivity contribution in [2.75, 3.05) is 26.2 Å². The lowest BCUT2D eigenvalue weighted by atomic mass is 9.83. The number of nitrogens with zero attached hydrogens (tertiary/aromatic N) is 3. The highest BCUT2D eigenvalue weighted by atomic mass is 16.2. The van der Waals surface area contributed by atoms with Gasteiger partial charge >= 0.3 is 0 Å². The first-order valence-electron chi connectivity index (χ1n) is 11.0. The van der Waals surface area contributed by atoms with Crippen molar-refractivity contribution in [2.45, 2.75) is 72.4 Å².